The van der Waals surface area contributed by atoms with E-state index in [9.17, 15) is 9.50 Å². The molecule has 2 aromatic carbocycles. The van der Waals surface area contributed by atoms with Crippen LogP contribution in [-0.4, -0.2) is 63.2 Å². The Kier molecular flexibility index (Phi) is 6.26. The maximum atomic E-state index is 13.6. The van der Waals surface area contributed by atoms with Crippen molar-refractivity contribution >= 4 is 0 Å². The van der Waals surface area contributed by atoms with Crippen LogP contribution in [0.25, 0.3) is 11.1 Å². The molecule has 2 fully saturated rings. The van der Waals surface area contributed by atoms with E-state index in [1.54, 1.807) is 18.5 Å². The van der Waals surface area contributed by atoms with Crippen LogP contribution in [0, 0.1) is 5.82 Å². The average molecular weight is 433 g/mol. The van der Waals surface area contributed by atoms with Gasteiger partial charge in [0.05, 0.1) is 6.61 Å². The van der Waals surface area contributed by atoms with Gasteiger partial charge in [0, 0.05) is 49.0 Å². The summed E-state index contributed by atoms with van der Waals surface area (Å²) in [6, 6.07) is 15.7. The maximum absolute atomic E-state index is 13.6. The van der Waals surface area contributed by atoms with Gasteiger partial charge in [0.2, 0.25) is 0 Å². The second kappa shape index (κ2) is 9.45. The molecule has 0 amide bonds. The fourth-order valence-electron chi connectivity index (χ4n) is 5.39. The lowest BCUT2D eigenvalue weighted by molar-refractivity contribution is -0.0655. The molecule has 0 unspecified atom stereocenters. The van der Waals surface area contributed by atoms with Crippen LogP contribution in [0.4, 0.5) is 4.39 Å². The maximum Gasteiger partial charge on any atom is 0.123 e. The summed E-state index contributed by atoms with van der Waals surface area (Å²) in [7, 11) is 0. The summed E-state index contributed by atoms with van der Waals surface area (Å²) in [4.78, 5) is 13.3. The lowest BCUT2D eigenvalue weighted by atomic mass is 9.74. The number of aliphatic hydroxyl groups excluding tert-OH is 1. The van der Waals surface area contributed by atoms with Gasteiger partial charge in [-0.1, -0.05) is 36.4 Å². The standard InChI is InChI=1S/C26H29FN4O/c27-23-5-3-4-22(12-23)20-6-8-21(9-7-20)26-24-16-30(15-19-13-28-18-29-14-19)10-1-2-11-31(24)25(26)17-32/h3-9,12-14,18,24-26,32H,1-2,10-11,15-17H2/t24-,25+,26+/m1/s1. The number of aliphatic hydroxyl groups is 1. The Balaban J connectivity index is 1.36. The minimum Gasteiger partial charge on any atom is -0.395 e. The molecule has 6 heteroatoms. The first-order valence-corrected chi connectivity index (χ1v) is 11.4. The van der Waals surface area contributed by atoms with E-state index < -0.39 is 0 Å². The van der Waals surface area contributed by atoms with E-state index >= 15 is 0 Å². The largest absolute Gasteiger partial charge is 0.395 e. The lowest BCUT2D eigenvalue weighted by Gasteiger charge is -2.57. The van der Waals surface area contributed by atoms with Crippen LogP contribution >= 0.6 is 0 Å². The molecule has 3 atom stereocenters. The van der Waals surface area contributed by atoms with Crippen molar-refractivity contribution in [1.82, 2.24) is 19.8 Å². The quantitative estimate of drug-likeness (QED) is 0.666. The van der Waals surface area contributed by atoms with Gasteiger partial charge in [-0.15, -0.1) is 0 Å². The monoisotopic (exact) mass is 432 g/mol. The normalized spacial score (nSPS) is 24.2. The molecule has 2 aliphatic rings. The molecule has 2 saturated heterocycles. The van der Waals surface area contributed by atoms with Crippen LogP contribution in [0.15, 0.2) is 67.3 Å². The third-order valence-corrected chi connectivity index (χ3v) is 6.93. The Morgan fingerprint density at radius 3 is 2.50 bits per heavy atom. The van der Waals surface area contributed by atoms with Gasteiger partial charge in [-0.3, -0.25) is 9.80 Å². The zero-order chi connectivity index (χ0) is 21.9. The lowest BCUT2D eigenvalue weighted by Crippen LogP contribution is -2.67. The van der Waals surface area contributed by atoms with E-state index in [-0.39, 0.29) is 24.4 Å². The highest BCUT2D eigenvalue weighted by Crippen LogP contribution is 2.42. The minimum atomic E-state index is -0.222. The molecule has 0 bridgehead atoms. The van der Waals surface area contributed by atoms with E-state index in [1.165, 1.54) is 11.6 Å². The van der Waals surface area contributed by atoms with Crippen molar-refractivity contribution in [3.05, 3.63) is 84.2 Å². The highest BCUT2D eigenvalue weighted by Gasteiger charge is 2.49. The van der Waals surface area contributed by atoms with E-state index in [1.807, 2.05) is 18.5 Å². The van der Waals surface area contributed by atoms with Gasteiger partial charge in [-0.25, -0.2) is 14.4 Å². The molecule has 1 N–H and O–H groups in total. The molecule has 1 aromatic heterocycles. The van der Waals surface area contributed by atoms with Crippen LogP contribution < -0.4 is 0 Å². The summed E-state index contributed by atoms with van der Waals surface area (Å²) in [6.45, 7) is 4.07. The van der Waals surface area contributed by atoms with Gasteiger partial charge in [0.1, 0.15) is 12.1 Å². The molecular formula is C26H29FN4O. The smallest absolute Gasteiger partial charge is 0.123 e. The SMILES string of the molecule is OC[C@H]1[C@@H](c2ccc(-c3cccc(F)c3)cc2)[C@H]2CN(Cc3cncnc3)CCCCN21. The molecule has 3 aromatic rings. The van der Waals surface area contributed by atoms with E-state index in [2.05, 4.69) is 44.0 Å². The number of benzene rings is 2. The summed E-state index contributed by atoms with van der Waals surface area (Å²) in [5, 5.41) is 10.2. The zero-order valence-corrected chi connectivity index (χ0v) is 18.1. The van der Waals surface area contributed by atoms with Crippen molar-refractivity contribution in [1.29, 1.82) is 0 Å². The van der Waals surface area contributed by atoms with E-state index in [4.69, 9.17) is 0 Å². The number of halogens is 1. The van der Waals surface area contributed by atoms with Crippen LogP contribution in [0.2, 0.25) is 0 Å². The summed E-state index contributed by atoms with van der Waals surface area (Å²) in [6.07, 6.45) is 7.65. The first-order valence-electron chi connectivity index (χ1n) is 11.4. The first kappa shape index (κ1) is 21.2. The molecule has 0 saturated carbocycles. The molecule has 5 nitrogen and oxygen atoms in total. The molecule has 32 heavy (non-hydrogen) atoms. The van der Waals surface area contributed by atoms with Gasteiger partial charge < -0.3 is 5.11 Å². The van der Waals surface area contributed by atoms with Crippen molar-refractivity contribution in [2.75, 3.05) is 26.2 Å². The number of aromatic nitrogens is 2. The fraction of sp³-hybridized carbons (Fsp3) is 0.385. The van der Waals surface area contributed by atoms with Gasteiger partial charge in [0.25, 0.3) is 0 Å². The predicted molar refractivity (Wildman–Crippen MR) is 122 cm³/mol. The van der Waals surface area contributed by atoms with Gasteiger partial charge in [0.15, 0.2) is 0 Å². The summed E-state index contributed by atoms with van der Waals surface area (Å²) >= 11 is 0. The van der Waals surface area contributed by atoms with Gasteiger partial charge >= 0.3 is 0 Å². The first-order chi connectivity index (χ1) is 15.7. The number of fused-ring (bicyclic) bond motifs is 1. The van der Waals surface area contributed by atoms with Crippen molar-refractivity contribution < 1.29 is 9.50 Å². The third kappa shape index (κ3) is 4.31. The molecule has 3 heterocycles. The van der Waals surface area contributed by atoms with Crippen LogP contribution in [0.3, 0.4) is 0 Å². The Hall–Kier alpha value is -2.67. The third-order valence-electron chi connectivity index (χ3n) is 6.93. The predicted octanol–water partition coefficient (Wildman–Crippen LogP) is 3.71. The Labute approximate surface area is 188 Å². The Morgan fingerprint density at radius 2 is 1.75 bits per heavy atom. The Morgan fingerprint density at radius 1 is 0.969 bits per heavy atom. The molecule has 5 rings (SSSR count). The molecule has 0 radical (unpaired) electrons. The topological polar surface area (TPSA) is 52.5 Å². The van der Waals surface area contributed by atoms with Crippen molar-refractivity contribution in [3.8, 4) is 11.1 Å². The summed E-state index contributed by atoms with van der Waals surface area (Å²) in [5.74, 6) is 0.0640. The van der Waals surface area contributed by atoms with Crippen molar-refractivity contribution in [2.45, 2.75) is 37.4 Å². The molecule has 2 aliphatic heterocycles. The highest BCUT2D eigenvalue weighted by molar-refractivity contribution is 5.63. The second-order valence-corrected chi connectivity index (χ2v) is 8.90. The number of hydrogen-bond donors (Lipinski definition) is 1. The molecule has 0 aliphatic carbocycles. The van der Waals surface area contributed by atoms with E-state index in [0.717, 1.165) is 55.7 Å². The average Bonchev–Trinajstić information content (AvgIpc) is 2.81. The second-order valence-electron chi connectivity index (χ2n) is 8.90. The highest BCUT2D eigenvalue weighted by atomic mass is 19.1. The van der Waals surface area contributed by atoms with Crippen LogP contribution in [0.1, 0.15) is 29.9 Å². The van der Waals surface area contributed by atoms with Gasteiger partial charge in [-0.2, -0.15) is 0 Å². The number of nitrogens with zero attached hydrogens (tertiary/aromatic N) is 4. The minimum absolute atomic E-state index is 0.153. The van der Waals surface area contributed by atoms with Crippen LogP contribution in [0.5, 0.6) is 0 Å². The fourth-order valence-corrected chi connectivity index (χ4v) is 5.39. The van der Waals surface area contributed by atoms with Crippen LogP contribution in [-0.2, 0) is 6.54 Å². The molecular weight excluding hydrogens is 403 g/mol. The number of rotatable bonds is 5. The zero-order valence-electron chi connectivity index (χ0n) is 18.1. The summed E-state index contributed by atoms with van der Waals surface area (Å²) < 4.78 is 13.6. The number of hydrogen-bond acceptors (Lipinski definition) is 5. The van der Waals surface area contributed by atoms with Crippen molar-refractivity contribution in [3.63, 3.8) is 0 Å². The molecule has 0 spiro atoms. The molecule has 166 valence electrons. The van der Waals surface area contributed by atoms with Crippen molar-refractivity contribution in [2.24, 2.45) is 0 Å². The van der Waals surface area contributed by atoms with E-state index in [0.29, 0.717) is 6.04 Å². The van der Waals surface area contributed by atoms with Gasteiger partial charge in [-0.05, 0) is 54.8 Å². The summed E-state index contributed by atoms with van der Waals surface area (Å²) in [5.41, 5.74) is 4.27. The Bertz CT molecular complexity index is 1030.